The lowest BCUT2D eigenvalue weighted by Gasteiger charge is -2.39. The first-order valence-corrected chi connectivity index (χ1v) is 7.78. The summed E-state index contributed by atoms with van der Waals surface area (Å²) in [5, 5.41) is 4.30. The Bertz CT molecular complexity index is 697. The number of alkyl halides is 2. The lowest BCUT2D eigenvalue weighted by Crippen LogP contribution is -2.50. The number of methoxy groups -OCH3 is 1. The van der Waals surface area contributed by atoms with Crippen molar-refractivity contribution < 1.29 is 18.3 Å². The SMILES string of the molecule is COCc1c(C(=O)N2CC(CC(F)F)C2)cnn1-c1ccccc1. The minimum atomic E-state index is -2.32. The molecule has 0 saturated carbocycles. The number of para-hydroxylation sites is 1. The van der Waals surface area contributed by atoms with E-state index in [0.29, 0.717) is 24.3 Å². The summed E-state index contributed by atoms with van der Waals surface area (Å²) in [5.74, 6) is -0.307. The molecule has 1 aliphatic heterocycles. The number of benzene rings is 1. The van der Waals surface area contributed by atoms with Crippen LogP contribution in [0.15, 0.2) is 36.5 Å². The minimum absolute atomic E-state index is 0.121. The second-order valence-corrected chi connectivity index (χ2v) is 5.89. The number of halogens is 2. The molecule has 0 atom stereocenters. The van der Waals surface area contributed by atoms with E-state index >= 15 is 0 Å². The summed E-state index contributed by atoms with van der Waals surface area (Å²) >= 11 is 0. The van der Waals surface area contributed by atoms with Gasteiger partial charge in [0.05, 0.1) is 29.7 Å². The van der Waals surface area contributed by atoms with Gasteiger partial charge in [-0.1, -0.05) is 18.2 Å². The van der Waals surface area contributed by atoms with Crippen molar-refractivity contribution in [1.82, 2.24) is 14.7 Å². The van der Waals surface area contributed by atoms with Gasteiger partial charge in [0.25, 0.3) is 5.91 Å². The van der Waals surface area contributed by atoms with Crippen LogP contribution < -0.4 is 0 Å². The zero-order valence-electron chi connectivity index (χ0n) is 13.4. The molecule has 1 fully saturated rings. The Morgan fingerprint density at radius 3 is 2.67 bits per heavy atom. The highest BCUT2D eigenvalue weighted by Gasteiger charge is 2.34. The molecular formula is C17H19F2N3O2. The molecule has 24 heavy (non-hydrogen) atoms. The van der Waals surface area contributed by atoms with E-state index in [4.69, 9.17) is 4.74 Å². The highest BCUT2D eigenvalue weighted by molar-refractivity contribution is 5.95. The molecule has 1 aromatic carbocycles. The molecule has 2 aromatic rings. The monoisotopic (exact) mass is 335 g/mol. The fraction of sp³-hybridized carbons (Fsp3) is 0.412. The molecule has 0 radical (unpaired) electrons. The molecule has 1 saturated heterocycles. The van der Waals surface area contributed by atoms with Gasteiger partial charge >= 0.3 is 0 Å². The average molecular weight is 335 g/mol. The van der Waals surface area contributed by atoms with E-state index in [0.717, 1.165) is 5.69 Å². The van der Waals surface area contributed by atoms with Crippen molar-refractivity contribution in [1.29, 1.82) is 0 Å². The summed E-state index contributed by atoms with van der Waals surface area (Å²) in [5.41, 5.74) is 1.95. The van der Waals surface area contributed by atoms with E-state index in [-0.39, 0.29) is 24.9 Å². The van der Waals surface area contributed by atoms with Crippen molar-refractivity contribution in [3.63, 3.8) is 0 Å². The molecule has 1 amide bonds. The molecule has 0 unspecified atom stereocenters. The molecule has 5 nitrogen and oxygen atoms in total. The van der Waals surface area contributed by atoms with Gasteiger partial charge in [-0.15, -0.1) is 0 Å². The quantitative estimate of drug-likeness (QED) is 0.815. The maximum absolute atomic E-state index is 12.6. The number of amides is 1. The number of hydrogen-bond acceptors (Lipinski definition) is 3. The van der Waals surface area contributed by atoms with Crippen molar-refractivity contribution in [2.45, 2.75) is 19.5 Å². The summed E-state index contributed by atoms with van der Waals surface area (Å²) in [7, 11) is 1.55. The van der Waals surface area contributed by atoms with Gasteiger partial charge in [0.15, 0.2) is 0 Å². The average Bonchev–Trinajstić information content (AvgIpc) is 2.95. The smallest absolute Gasteiger partial charge is 0.257 e. The highest BCUT2D eigenvalue weighted by Crippen LogP contribution is 2.26. The van der Waals surface area contributed by atoms with Crippen molar-refractivity contribution in [2.75, 3.05) is 20.2 Å². The maximum Gasteiger partial charge on any atom is 0.257 e. The Morgan fingerprint density at radius 2 is 2.04 bits per heavy atom. The first-order valence-electron chi connectivity index (χ1n) is 7.78. The number of carbonyl (C=O) groups excluding carboxylic acids is 1. The molecule has 0 N–H and O–H groups in total. The van der Waals surface area contributed by atoms with Gasteiger partial charge in [-0.05, 0) is 18.1 Å². The first-order chi connectivity index (χ1) is 11.6. The van der Waals surface area contributed by atoms with Crippen LogP contribution in [-0.4, -0.2) is 47.2 Å². The number of rotatable bonds is 6. The number of aromatic nitrogens is 2. The molecule has 128 valence electrons. The summed E-state index contributed by atoms with van der Waals surface area (Å²) in [6.07, 6.45) is -0.959. The van der Waals surface area contributed by atoms with Crippen LogP contribution in [0.1, 0.15) is 22.5 Å². The summed E-state index contributed by atoms with van der Waals surface area (Å²) in [4.78, 5) is 14.2. The lowest BCUT2D eigenvalue weighted by atomic mass is 9.95. The third-order valence-electron chi connectivity index (χ3n) is 4.14. The minimum Gasteiger partial charge on any atom is -0.378 e. The number of ether oxygens (including phenoxy) is 1. The van der Waals surface area contributed by atoms with E-state index in [1.807, 2.05) is 30.3 Å². The van der Waals surface area contributed by atoms with E-state index in [9.17, 15) is 13.6 Å². The van der Waals surface area contributed by atoms with Gasteiger partial charge in [-0.25, -0.2) is 13.5 Å². The summed E-state index contributed by atoms with van der Waals surface area (Å²) in [6, 6.07) is 9.46. The van der Waals surface area contributed by atoms with Crippen LogP contribution in [0.25, 0.3) is 5.69 Å². The van der Waals surface area contributed by atoms with Crippen molar-refractivity contribution in [2.24, 2.45) is 5.92 Å². The van der Waals surface area contributed by atoms with E-state index in [2.05, 4.69) is 5.10 Å². The largest absolute Gasteiger partial charge is 0.378 e. The first kappa shape index (κ1) is 16.6. The Morgan fingerprint density at radius 1 is 1.33 bits per heavy atom. The second kappa shape index (κ2) is 7.09. The third-order valence-corrected chi connectivity index (χ3v) is 4.14. The second-order valence-electron chi connectivity index (χ2n) is 5.89. The van der Waals surface area contributed by atoms with Gasteiger partial charge in [-0.3, -0.25) is 4.79 Å². The Labute approximate surface area is 138 Å². The van der Waals surface area contributed by atoms with Gasteiger partial charge in [0.1, 0.15) is 0 Å². The predicted molar refractivity (Wildman–Crippen MR) is 84.3 cm³/mol. The summed E-state index contributed by atoms with van der Waals surface area (Å²) in [6.45, 7) is 0.975. The number of likely N-dealkylation sites (tertiary alicyclic amines) is 1. The standard InChI is InChI=1S/C17H19F2N3O2/c1-24-11-15-14(8-20-22(15)13-5-3-2-4-6-13)17(23)21-9-12(10-21)7-16(18)19/h2-6,8,12,16H,7,9-11H2,1H3. The number of carbonyl (C=O) groups is 1. The van der Waals surface area contributed by atoms with Crippen LogP contribution in [0.4, 0.5) is 8.78 Å². The van der Waals surface area contributed by atoms with Crippen LogP contribution in [0.2, 0.25) is 0 Å². The molecule has 7 heteroatoms. The van der Waals surface area contributed by atoms with Crippen molar-refractivity contribution >= 4 is 5.91 Å². The number of nitrogens with zero attached hydrogens (tertiary/aromatic N) is 3. The summed E-state index contributed by atoms with van der Waals surface area (Å²) < 4.78 is 31.6. The molecule has 0 bridgehead atoms. The zero-order chi connectivity index (χ0) is 17.1. The Balaban J connectivity index is 1.79. The third kappa shape index (κ3) is 3.31. The van der Waals surface area contributed by atoms with Crippen LogP contribution in [-0.2, 0) is 11.3 Å². The maximum atomic E-state index is 12.6. The molecule has 2 heterocycles. The van der Waals surface area contributed by atoms with Crippen LogP contribution >= 0.6 is 0 Å². The molecular weight excluding hydrogens is 316 g/mol. The van der Waals surface area contributed by atoms with Crippen LogP contribution in [0.3, 0.4) is 0 Å². The van der Waals surface area contributed by atoms with Crippen molar-refractivity contribution in [3.05, 3.63) is 47.8 Å². The van der Waals surface area contributed by atoms with Crippen LogP contribution in [0, 0.1) is 5.92 Å². The predicted octanol–water partition coefficient (Wildman–Crippen LogP) is 2.75. The fourth-order valence-electron chi connectivity index (χ4n) is 2.93. The van der Waals surface area contributed by atoms with Gasteiger partial charge in [0.2, 0.25) is 6.43 Å². The lowest BCUT2D eigenvalue weighted by molar-refractivity contribution is 0.0277. The number of hydrogen-bond donors (Lipinski definition) is 0. The normalized spacial score (nSPS) is 14.9. The fourth-order valence-corrected chi connectivity index (χ4v) is 2.93. The molecule has 3 rings (SSSR count). The molecule has 1 aliphatic rings. The van der Waals surface area contributed by atoms with Gasteiger partial charge in [-0.2, -0.15) is 5.10 Å². The Kier molecular flexibility index (Phi) is 4.89. The molecule has 0 spiro atoms. The van der Waals surface area contributed by atoms with E-state index in [1.54, 1.807) is 16.7 Å². The van der Waals surface area contributed by atoms with Gasteiger partial charge in [0, 0.05) is 26.6 Å². The van der Waals surface area contributed by atoms with E-state index in [1.165, 1.54) is 6.20 Å². The van der Waals surface area contributed by atoms with E-state index < -0.39 is 6.43 Å². The van der Waals surface area contributed by atoms with Gasteiger partial charge < -0.3 is 9.64 Å². The highest BCUT2D eigenvalue weighted by atomic mass is 19.3. The van der Waals surface area contributed by atoms with Crippen molar-refractivity contribution in [3.8, 4) is 5.69 Å². The molecule has 1 aromatic heterocycles. The van der Waals surface area contributed by atoms with Crippen LogP contribution in [0.5, 0.6) is 0 Å². The topological polar surface area (TPSA) is 47.4 Å². The Hall–Kier alpha value is -2.28. The molecule has 0 aliphatic carbocycles. The zero-order valence-corrected chi connectivity index (χ0v) is 13.4.